The van der Waals surface area contributed by atoms with E-state index in [9.17, 15) is 4.79 Å². The number of nitrogens with zero attached hydrogens (tertiary/aromatic N) is 3. The number of aryl methyl sites for hydroxylation is 3. The summed E-state index contributed by atoms with van der Waals surface area (Å²) in [5.74, 6) is 0.507. The maximum absolute atomic E-state index is 12.6. The Morgan fingerprint density at radius 2 is 1.92 bits per heavy atom. The van der Waals surface area contributed by atoms with Crippen LogP contribution in [0.15, 0.2) is 30.3 Å². The molecule has 1 atom stereocenters. The van der Waals surface area contributed by atoms with Crippen molar-refractivity contribution in [3.8, 4) is 5.88 Å². The van der Waals surface area contributed by atoms with Gasteiger partial charge in [0.25, 0.3) is 0 Å². The fraction of sp³-hybridized carbons (Fsp3) is 0.421. The first kappa shape index (κ1) is 17.2. The molecule has 0 aliphatic carbocycles. The van der Waals surface area contributed by atoms with Crippen LogP contribution in [-0.2, 0) is 0 Å². The van der Waals surface area contributed by atoms with Gasteiger partial charge >= 0.3 is 6.03 Å². The van der Waals surface area contributed by atoms with Crippen molar-refractivity contribution in [3.05, 3.63) is 47.2 Å². The zero-order valence-electron chi connectivity index (χ0n) is 15.0. The maximum atomic E-state index is 12.6. The quantitative estimate of drug-likeness (QED) is 0.929. The van der Waals surface area contributed by atoms with Gasteiger partial charge in [-0.05, 0) is 62.9 Å². The number of nitrogens with one attached hydrogen (secondary N) is 1. The molecule has 1 aromatic heterocycles. The number of rotatable bonds is 3. The lowest BCUT2D eigenvalue weighted by molar-refractivity contribution is 0.102. The molecule has 1 aliphatic rings. The number of carbonyl (C=O) groups is 1. The minimum Gasteiger partial charge on any atom is -0.471 e. The van der Waals surface area contributed by atoms with E-state index in [0.29, 0.717) is 12.4 Å². The van der Waals surface area contributed by atoms with Gasteiger partial charge in [0.15, 0.2) is 0 Å². The first-order valence-corrected chi connectivity index (χ1v) is 8.61. The molecule has 1 saturated heterocycles. The average Bonchev–Trinajstić information content (AvgIpc) is 2.56. The average molecular weight is 340 g/mol. The number of benzene rings is 1. The second-order valence-electron chi connectivity index (χ2n) is 6.65. The highest BCUT2D eigenvalue weighted by molar-refractivity contribution is 5.89. The highest BCUT2D eigenvalue weighted by Gasteiger charge is 2.25. The lowest BCUT2D eigenvalue weighted by Gasteiger charge is -2.32. The second kappa shape index (κ2) is 7.51. The Bertz CT molecular complexity index is 725. The smallest absolute Gasteiger partial charge is 0.321 e. The lowest BCUT2D eigenvalue weighted by atomic mass is 10.1. The maximum Gasteiger partial charge on any atom is 0.321 e. The molecule has 1 aliphatic heterocycles. The third-order valence-electron chi connectivity index (χ3n) is 4.20. The molecule has 25 heavy (non-hydrogen) atoms. The van der Waals surface area contributed by atoms with Gasteiger partial charge in [0.1, 0.15) is 6.10 Å². The number of piperidine rings is 1. The predicted octanol–water partition coefficient (Wildman–Crippen LogP) is 3.48. The molecule has 1 unspecified atom stereocenters. The van der Waals surface area contributed by atoms with Crippen molar-refractivity contribution in [1.82, 2.24) is 15.1 Å². The molecule has 1 fully saturated rings. The number of ether oxygens (including phenoxy) is 1. The van der Waals surface area contributed by atoms with Gasteiger partial charge in [-0.25, -0.2) is 4.79 Å². The Morgan fingerprint density at radius 3 is 2.60 bits per heavy atom. The number of aromatic nitrogens is 2. The summed E-state index contributed by atoms with van der Waals surface area (Å²) in [4.78, 5) is 14.4. The zero-order valence-corrected chi connectivity index (χ0v) is 15.0. The summed E-state index contributed by atoms with van der Waals surface area (Å²) in [5.41, 5.74) is 3.95. The normalized spacial score (nSPS) is 17.2. The van der Waals surface area contributed by atoms with E-state index in [1.54, 1.807) is 4.90 Å². The molecule has 0 bridgehead atoms. The fourth-order valence-corrected chi connectivity index (χ4v) is 3.09. The molecule has 2 amide bonds. The second-order valence-corrected chi connectivity index (χ2v) is 6.65. The highest BCUT2D eigenvalue weighted by Crippen LogP contribution is 2.19. The number of hydrogen-bond acceptors (Lipinski definition) is 4. The van der Waals surface area contributed by atoms with Crippen molar-refractivity contribution in [2.24, 2.45) is 0 Å². The van der Waals surface area contributed by atoms with Gasteiger partial charge < -0.3 is 15.0 Å². The van der Waals surface area contributed by atoms with Gasteiger partial charge in [0.2, 0.25) is 5.88 Å². The Kier molecular flexibility index (Phi) is 5.16. The number of likely N-dealkylation sites (tertiary alicyclic amines) is 1. The summed E-state index contributed by atoms with van der Waals surface area (Å²) < 4.78 is 5.88. The molecule has 6 heteroatoms. The lowest BCUT2D eigenvalue weighted by Crippen LogP contribution is -2.46. The molecule has 2 aromatic rings. The number of urea groups is 1. The molecule has 132 valence electrons. The van der Waals surface area contributed by atoms with Gasteiger partial charge in [-0.1, -0.05) is 6.07 Å². The van der Waals surface area contributed by atoms with E-state index in [2.05, 4.69) is 21.6 Å². The SMILES string of the molecule is Cc1cc(C)cc(NC(=O)N2CCCC(Oc3ccc(C)nn3)C2)c1. The van der Waals surface area contributed by atoms with Crippen LogP contribution in [0, 0.1) is 20.8 Å². The molecule has 1 N–H and O–H groups in total. The van der Waals surface area contributed by atoms with Crippen molar-refractivity contribution < 1.29 is 9.53 Å². The third kappa shape index (κ3) is 4.68. The monoisotopic (exact) mass is 340 g/mol. The van der Waals surface area contributed by atoms with E-state index in [-0.39, 0.29) is 12.1 Å². The van der Waals surface area contributed by atoms with Crippen molar-refractivity contribution in [1.29, 1.82) is 0 Å². The summed E-state index contributed by atoms with van der Waals surface area (Å²) in [7, 11) is 0. The Balaban J connectivity index is 1.60. The van der Waals surface area contributed by atoms with Crippen LogP contribution in [0.2, 0.25) is 0 Å². The summed E-state index contributed by atoms with van der Waals surface area (Å²) in [6.07, 6.45) is 1.75. The van der Waals surface area contributed by atoms with Crippen molar-refractivity contribution in [3.63, 3.8) is 0 Å². The Morgan fingerprint density at radius 1 is 1.16 bits per heavy atom. The third-order valence-corrected chi connectivity index (χ3v) is 4.20. The summed E-state index contributed by atoms with van der Waals surface area (Å²) in [6.45, 7) is 7.21. The van der Waals surface area contributed by atoms with Crippen molar-refractivity contribution >= 4 is 11.7 Å². The first-order chi connectivity index (χ1) is 12.0. The predicted molar refractivity (Wildman–Crippen MR) is 96.9 cm³/mol. The molecule has 0 saturated carbocycles. The van der Waals surface area contributed by atoms with Crippen LogP contribution in [0.4, 0.5) is 10.5 Å². The first-order valence-electron chi connectivity index (χ1n) is 8.61. The zero-order chi connectivity index (χ0) is 17.8. The van der Waals surface area contributed by atoms with E-state index >= 15 is 0 Å². The van der Waals surface area contributed by atoms with Crippen molar-refractivity contribution in [2.45, 2.75) is 39.7 Å². The van der Waals surface area contributed by atoms with Gasteiger partial charge in [-0.15, -0.1) is 5.10 Å². The van der Waals surface area contributed by atoms with Crippen LogP contribution in [0.25, 0.3) is 0 Å². The molecule has 1 aromatic carbocycles. The van der Waals surface area contributed by atoms with Gasteiger partial charge in [0.05, 0.1) is 12.2 Å². The van der Waals surface area contributed by atoms with Crippen LogP contribution in [0.1, 0.15) is 29.7 Å². The fourth-order valence-electron chi connectivity index (χ4n) is 3.09. The number of hydrogen-bond donors (Lipinski definition) is 1. The van der Waals surface area contributed by atoms with Crippen LogP contribution in [-0.4, -0.2) is 40.3 Å². The molecule has 2 heterocycles. The van der Waals surface area contributed by atoms with Crippen LogP contribution in [0.3, 0.4) is 0 Å². The molecule has 3 rings (SSSR count). The summed E-state index contributed by atoms with van der Waals surface area (Å²) in [6, 6.07) is 9.64. The summed E-state index contributed by atoms with van der Waals surface area (Å²) >= 11 is 0. The van der Waals surface area contributed by atoms with E-state index < -0.39 is 0 Å². The minimum absolute atomic E-state index is 0.0595. The van der Waals surface area contributed by atoms with E-state index in [1.165, 1.54) is 0 Å². The number of carbonyl (C=O) groups excluding carboxylic acids is 1. The standard InChI is InChI=1S/C19H24N4O2/c1-13-9-14(2)11-16(10-13)20-19(24)23-8-4-5-17(12-23)25-18-7-6-15(3)21-22-18/h6-7,9-11,17H,4-5,8,12H2,1-3H3,(H,20,24). The molecule has 0 radical (unpaired) electrons. The van der Waals surface area contributed by atoms with Gasteiger partial charge in [-0.2, -0.15) is 5.10 Å². The number of anilines is 1. The Hall–Kier alpha value is -2.63. The van der Waals surface area contributed by atoms with Gasteiger partial charge in [-0.3, -0.25) is 0 Å². The van der Waals surface area contributed by atoms with Crippen molar-refractivity contribution in [2.75, 3.05) is 18.4 Å². The Labute approximate surface area is 148 Å². The molecule has 0 spiro atoms. The van der Waals surface area contributed by atoms with E-state index in [0.717, 1.165) is 41.9 Å². The molecule has 6 nitrogen and oxygen atoms in total. The number of amides is 2. The minimum atomic E-state index is -0.0895. The van der Waals surface area contributed by atoms with Gasteiger partial charge in [0, 0.05) is 18.3 Å². The van der Waals surface area contributed by atoms with E-state index in [4.69, 9.17) is 4.74 Å². The largest absolute Gasteiger partial charge is 0.471 e. The topological polar surface area (TPSA) is 67.4 Å². The van der Waals surface area contributed by atoms with Crippen LogP contribution in [0.5, 0.6) is 5.88 Å². The van der Waals surface area contributed by atoms with Crippen LogP contribution < -0.4 is 10.1 Å². The molecular formula is C19H24N4O2. The van der Waals surface area contributed by atoms with Crippen LogP contribution >= 0.6 is 0 Å². The summed E-state index contributed by atoms with van der Waals surface area (Å²) in [5, 5.41) is 11.0. The highest BCUT2D eigenvalue weighted by atomic mass is 16.5. The van der Waals surface area contributed by atoms with E-state index in [1.807, 2.05) is 45.0 Å². The molecular weight excluding hydrogens is 316 g/mol.